The van der Waals surface area contributed by atoms with Crippen molar-refractivity contribution in [3.63, 3.8) is 0 Å². The molecule has 0 aliphatic carbocycles. The van der Waals surface area contributed by atoms with Crippen molar-refractivity contribution in [3.05, 3.63) is 29.8 Å². The molecule has 0 fully saturated rings. The van der Waals surface area contributed by atoms with Crippen LogP contribution >= 0.6 is 0 Å². The lowest BCUT2D eigenvalue weighted by Gasteiger charge is -2.27. The molecule has 1 rings (SSSR count). The Bertz CT molecular complexity index is 479. The van der Waals surface area contributed by atoms with Crippen LogP contribution in [-0.2, 0) is 10.0 Å². The van der Waals surface area contributed by atoms with Gasteiger partial charge in [0.2, 0.25) is 10.0 Å². The zero-order chi connectivity index (χ0) is 13.1. The molecule has 1 aromatic carbocycles. The van der Waals surface area contributed by atoms with E-state index in [1.807, 2.05) is 19.9 Å². The minimum Gasteiger partial charge on any atom is -0.329 e. The van der Waals surface area contributed by atoms with Crippen molar-refractivity contribution in [2.75, 3.05) is 6.54 Å². The summed E-state index contributed by atoms with van der Waals surface area (Å²) in [6, 6.07) is 6.83. The van der Waals surface area contributed by atoms with Gasteiger partial charge < -0.3 is 5.73 Å². The Kier molecular flexibility index (Phi) is 4.30. The second kappa shape index (κ2) is 5.16. The highest BCUT2D eigenvalue weighted by Gasteiger charge is 2.27. The fourth-order valence-electron chi connectivity index (χ4n) is 1.42. The smallest absolute Gasteiger partial charge is 0.241 e. The van der Waals surface area contributed by atoms with Gasteiger partial charge >= 0.3 is 0 Å². The summed E-state index contributed by atoms with van der Waals surface area (Å²) in [5.74, 6) is 0. The van der Waals surface area contributed by atoms with Gasteiger partial charge in [0.1, 0.15) is 0 Å². The molecule has 0 radical (unpaired) electrons. The zero-order valence-electron chi connectivity index (χ0n) is 10.5. The Morgan fingerprint density at radius 3 is 2.53 bits per heavy atom. The van der Waals surface area contributed by atoms with Crippen LogP contribution in [-0.4, -0.2) is 20.5 Å². The van der Waals surface area contributed by atoms with Crippen molar-refractivity contribution in [2.45, 2.75) is 37.6 Å². The largest absolute Gasteiger partial charge is 0.329 e. The number of hydrogen-bond acceptors (Lipinski definition) is 3. The first kappa shape index (κ1) is 14.2. The van der Waals surface area contributed by atoms with Gasteiger partial charge in [-0.2, -0.15) is 0 Å². The zero-order valence-corrected chi connectivity index (χ0v) is 11.3. The van der Waals surface area contributed by atoms with E-state index in [-0.39, 0.29) is 11.4 Å². The summed E-state index contributed by atoms with van der Waals surface area (Å²) >= 11 is 0. The molecule has 96 valence electrons. The highest BCUT2D eigenvalue weighted by atomic mass is 32.2. The maximum atomic E-state index is 12.2. The lowest BCUT2D eigenvalue weighted by atomic mass is 10.0. The molecule has 17 heavy (non-hydrogen) atoms. The molecule has 0 bridgehead atoms. The first-order chi connectivity index (χ1) is 7.83. The SMILES string of the molecule is CCC(C)(CN)NS(=O)(=O)c1cccc(C)c1. The first-order valence-electron chi connectivity index (χ1n) is 5.64. The Morgan fingerprint density at radius 2 is 2.06 bits per heavy atom. The van der Waals surface area contributed by atoms with Crippen LogP contribution in [0.25, 0.3) is 0 Å². The van der Waals surface area contributed by atoms with Crippen LogP contribution in [0.1, 0.15) is 25.8 Å². The molecule has 0 aromatic heterocycles. The number of nitrogens with two attached hydrogens (primary N) is 1. The third kappa shape index (κ3) is 3.52. The van der Waals surface area contributed by atoms with Crippen LogP contribution < -0.4 is 10.5 Å². The van der Waals surface area contributed by atoms with Gasteiger partial charge in [0, 0.05) is 12.1 Å². The van der Waals surface area contributed by atoms with Gasteiger partial charge in [-0.1, -0.05) is 19.1 Å². The Morgan fingerprint density at radius 1 is 1.41 bits per heavy atom. The van der Waals surface area contributed by atoms with E-state index in [2.05, 4.69) is 4.72 Å². The molecular formula is C12H20N2O2S. The van der Waals surface area contributed by atoms with Gasteiger partial charge in [-0.05, 0) is 38.0 Å². The fraction of sp³-hybridized carbons (Fsp3) is 0.500. The second-order valence-corrected chi connectivity index (χ2v) is 6.22. The van der Waals surface area contributed by atoms with Crippen LogP contribution in [0, 0.1) is 6.92 Å². The maximum Gasteiger partial charge on any atom is 0.241 e. The molecule has 1 unspecified atom stereocenters. The molecule has 0 saturated heterocycles. The van der Waals surface area contributed by atoms with Crippen LogP contribution in [0.2, 0.25) is 0 Å². The molecule has 0 heterocycles. The molecular weight excluding hydrogens is 236 g/mol. The number of sulfonamides is 1. The number of benzene rings is 1. The minimum absolute atomic E-state index is 0.272. The third-order valence-electron chi connectivity index (χ3n) is 2.91. The molecule has 0 saturated carbocycles. The van der Waals surface area contributed by atoms with E-state index in [4.69, 9.17) is 5.73 Å². The summed E-state index contributed by atoms with van der Waals surface area (Å²) in [6.45, 7) is 5.85. The quantitative estimate of drug-likeness (QED) is 0.836. The van der Waals surface area contributed by atoms with Crippen molar-refractivity contribution >= 4 is 10.0 Å². The summed E-state index contributed by atoms with van der Waals surface area (Å²) in [5.41, 5.74) is 5.93. The van der Waals surface area contributed by atoms with Gasteiger partial charge in [0.05, 0.1) is 4.90 Å². The monoisotopic (exact) mass is 256 g/mol. The average molecular weight is 256 g/mol. The van der Waals surface area contributed by atoms with Crippen LogP contribution in [0.5, 0.6) is 0 Å². The normalized spacial score (nSPS) is 15.5. The third-order valence-corrected chi connectivity index (χ3v) is 4.55. The van der Waals surface area contributed by atoms with Gasteiger partial charge in [-0.25, -0.2) is 13.1 Å². The van der Waals surface area contributed by atoms with Gasteiger partial charge in [-0.15, -0.1) is 0 Å². The summed E-state index contributed by atoms with van der Waals surface area (Å²) in [5, 5.41) is 0. The Hall–Kier alpha value is -0.910. The lowest BCUT2D eigenvalue weighted by molar-refractivity contribution is 0.411. The predicted octanol–water partition coefficient (Wildman–Crippen LogP) is 1.40. The lowest BCUT2D eigenvalue weighted by Crippen LogP contribution is -2.50. The molecule has 1 atom stereocenters. The van der Waals surface area contributed by atoms with E-state index in [0.29, 0.717) is 6.42 Å². The topological polar surface area (TPSA) is 72.2 Å². The van der Waals surface area contributed by atoms with Crippen molar-refractivity contribution in [1.29, 1.82) is 0 Å². The first-order valence-corrected chi connectivity index (χ1v) is 7.12. The Labute approximate surface area is 103 Å². The summed E-state index contributed by atoms with van der Waals surface area (Å²) in [7, 11) is -3.49. The molecule has 1 aromatic rings. The Balaban J connectivity index is 3.05. The van der Waals surface area contributed by atoms with Gasteiger partial charge in [-0.3, -0.25) is 0 Å². The number of nitrogens with one attached hydrogen (secondary N) is 1. The molecule has 0 amide bonds. The molecule has 0 aliphatic heterocycles. The number of aryl methyl sites for hydroxylation is 1. The fourth-order valence-corrected chi connectivity index (χ4v) is 3.02. The number of rotatable bonds is 5. The molecule has 5 heteroatoms. The summed E-state index contributed by atoms with van der Waals surface area (Å²) in [6.07, 6.45) is 0.647. The summed E-state index contributed by atoms with van der Waals surface area (Å²) in [4.78, 5) is 0.283. The van der Waals surface area contributed by atoms with Crippen LogP contribution in [0.4, 0.5) is 0 Å². The standard InChI is InChI=1S/C12H20N2O2S/c1-4-12(3,9-13)14-17(15,16)11-7-5-6-10(2)8-11/h5-8,14H,4,9,13H2,1-3H3. The van der Waals surface area contributed by atoms with Crippen LogP contribution in [0.15, 0.2) is 29.2 Å². The number of hydrogen-bond donors (Lipinski definition) is 2. The summed E-state index contributed by atoms with van der Waals surface area (Å²) < 4.78 is 27.0. The van der Waals surface area contributed by atoms with Gasteiger partial charge in [0.25, 0.3) is 0 Å². The van der Waals surface area contributed by atoms with E-state index in [0.717, 1.165) is 5.56 Å². The second-order valence-electron chi connectivity index (χ2n) is 4.54. The predicted molar refractivity (Wildman–Crippen MR) is 69.3 cm³/mol. The van der Waals surface area contributed by atoms with E-state index in [1.165, 1.54) is 0 Å². The van der Waals surface area contributed by atoms with Crippen molar-refractivity contribution < 1.29 is 8.42 Å². The van der Waals surface area contributed by atoms with Crippen molar-refractivity contribution in [1.82, 2.24) is 4.72 Å². The van der Waals surface area contributed by atoms with E-state index in [9.17, 15) is 8.42 Å². The molecule has 4 nitrogen and oxygen atoms in total. The molecule has 0 aliphatic rings. The van der Waals surface area contributed by atoms with E-state index < -0.39 is 15.6 Å². The average Bonchev–Trinajstić information content (AvgIpc) is 2.28. The highest BCUT2D eigenvalue weighted by molar-refractivity contribution is 7.89. The minimum atomic E-state index is -3.49. The van der Waals surface area contributed by atoms with Crippen molar-refractivity contribution in [2.24, 2.45) is 5.73 Å². The molecule has 3 N–H and O–H groups in total. The van der Waals surface area contributed by atoms with E-state index >= 15 is 0 Å². The van der Waals surface area contributed by atoms with Gasteiger partial charge in [0.15, 0.2) is 0 Å². The highest BCUT2D eigenvalue weighted by Crippen LogP contribution is 2.16. The maximum absolute atomic E-state index is 12.2. The molecule has 0 spiro atoms. The van der Waals surface area contributed by atoms with Crippen LogP contribution in [0.3, 0.4) is 0 Å². The van der Waals surface area contributed by atoms with E-state index in [1.54, 1.807) is 25.1 Å². The van der Waals surface area contributed by atoms with Crippen molar-refractivity contribution in [3.8, 4) is 0 Å².